The summed E-state index contributed by atoms with van der Waals surface area (Å²) in [4.78, 5) is 29.1. The van der Waals surface area contributed by atoms with Gasteiger partial charge in [-0.15, -0.1) is 0 Å². The van der Waals surface area contributed by atoms with Crippen LogP contribution in [0.1, 0.15) is 22.7 Å². The summed E-state index contributed by atoms with van der Waals surface area (Å²) in [5, 5.41) is 0. The number of carbonyl (C=O) groups is 2. The third-order valence-corrected chi connectivity index (χ3v) is 4.05. The van der Waals surface area contributed by atoms with Crippen molar-refractivity contribution in [2.75, 3.05) is 0 Å². The van der Waals surface area contributed by atoms with Gasteiger partial charge in [0, 0.05) is 30.0 Å². The summed E-state index contributed by atoms with van der Waals surface area (Å²) < 4.78 is 0.898. The molecule has 4 nitrogen and oxygen atoms in total. The quantitative estimate of drug-likeness (QED) is 0.632. The summed E-state index contributed by atoms with van der Waals surface area (Å²) in [5.41, 5.74) is 3.03. The van der Waals surface area contributed by atoms with Gasteiger partial charge in [-0.25, -0.2) is 0 Å². The SMILES string of the molecule is O=CC(=O)C1c2ccccc2CN1Cc1cncc(Br)c1. The molecule has 1 aliphatic heterocycles. The van der Waals surface area contributed by atoms with Crippen molar-refractivity contribution in [1.29, 1.82) is 0 Å². The Bertz CT molecular complexity index is 702. The first-order valence-electron chi connectivity index (χ1n) is 6.59. The van der Waals surface area contributed by atoms with E-state index in [1.807, 2.05) is 35.2 Å². The molecule has 2 heterocycles. The second-order valence-corrected chi connectivity index (χ2v) is 5.95. The minimum atomic E-state index is -0.488. The predicted octanol–water partition coefficient (Wildman–Crippen LogP) is 2.67. The summed E-state index contributed by atoms with van der Waals surface area (Å²) in [5.74, 6) is -0.400. The maximum atomic E-state index is 12.0. The lowest BCUT2D eigenvalue weighted by molar-refractivity contribution is -0.133. The van der Waals surface area contributed by atoms with E-state index in [0.29, 0.717) is 19.4 Å². The molecule has 0 bridgehead atoms. The first kappa shape index (κ1) is 14.1. The van der Waals surface area contributed by atoms with Gasteiger partial charge in [0.15, 0.2) is 6.29 Å². The number of hydrogen-bond acceptors (Lipinski definition) is 4. The van der Waals surface area contributed by atoms with E-state index in [1.165, 1.54) is 0 Å². The van der Waals surface area contributed by atoms with Gasteiger partial charge in [0.2, 0.25) is 5.78 Å². The topological polar surface area (TPSA) is 50.3 Å². The first-order chi connectivity index (χ1) is 10.2. The molecule has 1 aliphatic rings. The molecule has 0 saturated heterocycles. The number of benzene rings is 1. The van der Waals surface area contributed by atoms with Crippen LogP contribution in [0.25, 0.3) is 0 Å². The van der Waals surface area contributed by atoms with E-state index in [1.54, 1.807) is 12.4 Å². The Morgan fingerprint density at radius 1 is 1.38 bits per heavy atom. The van der Waals surface area contributed by atoms with E-state index >= 15 is 0 Å². The minimum Gasteiger partial charge on any atom is -0.295 e. The van der Waals surface area contributed by atoms with Crippen LogP contribution in [-0.4, -0.2) is 22.0 Å². The van der Waals surface area contributed by atoms with Gasteiger partial charge >= 0.3 is 0 Å². The number of nitrogens with zero attached hydrogens (tertiary/aromatic N) is 2. The van der Waals surface area contributed by atoms with Gasteiger partial charge in [0.1, 0.15) is 6.04 Å². The summed E-state index contributed by atoms with van der Waals surface area (Å²) in [6, 6.07) is 9.25. The molecule has 0 saturated carbocycles. The number of fused-ring (bicyclic) bond motifs is 1. The Labute approximate surface area is 130 Å². The van der Waals surface area contributed by atoms with Crippen molar-refractivity contribution < 1.29 is 9.59 Å². The number of rotatable bonds is 4. The third kappa shape index (κ3) is 2.80. The van der Waals surface area contributed by atoms with E-state index < -0.39 is 11.8 Å². The van der Waals surface area contributed by atoms with Gasteiger partial charge in [-0.2, -0.15) is 0 Å². The summed E-state index contributed by atoms with van der Waals surface area (Å²) >= 11 is 3.39. The summed E-state index contributed by atoms with van der Waals surface area (Å²) in [6.07, 6.45) is 3.91. The fourth-order valence-electron chi connectivity index (χ4n) is 2.77. The van der Waals surface area contributed by atoms with Crippen LogP contribution in [-0.2, 0) is 22.7 Å². The molecule has 2 aromatic rings. The van der Waals surface area contributed by atoms with Crippen molar-refractivity contribution in [2.24, 2.45) is 0 Å². The molecule has 106 valence electrons. The van der Waals surface area contributed by atoms with Gasteiger partial charge in [0.25, 0.3) is 0 Å². The molecule has 21 heavy (non-hydrogen) atoms. The molecule has 0 radical (unpaired) electrons. The number of ketones is 1. The van der Waals surface area contributed by atoms with Gasteiger partial charge in [-0.3, -0.25) is 19.5 Å². The number of Topliss-reactive ketones (excluding diaryl/α,β-unsaturated/α-hetero) is 1. The Kier molecular flexibility index (Phi) is 3.94. The van der Waals surface area contributed by atoms with Crippen LogP contribution in [0.15, 0.2) is 47.2 Å². The highest BCUT2D eigenvalue weighted by atomic mass is 79.9. The second kappa shape index (κ2) is 5.87. The van der Waals surface area contributed by atoms with E-state index in [-0.39, 0.29) is 0 Å². The lowest BCUT2D eigenvalue weighted by atomic mass is 10.0. The number of hydrogen-bond donors (Lipinski definition) is 0. The zero-order valence-electron chi connectivity index (χ0n) is 11.2. The van der Waals surface area contributed by atoms with Crippen LogP contribution in [0, 0.1) is 0 Å². The zero-order valence-corrected chi connectivity index (χ0v) is 12.8. The fourth-order valence-corrected chi connectivity index (χ4v) is 3.19. The Morgan fingerprint density at radius 3 is 2.95 bits per heavy atom. The number of pyridine rings is 1. The fraction of sp³-hybridized carbons (Fsp3) is 0.188. The second-order valence-electron chi connectivity index (χ2n) is 5.04. The molecule has 1 aromatic carbocycles. The van der Waals surface area contributed by atoms with Crippen molar-refractivity contribution in [3.8, 4) is 0 Å². The van der Waals surface area contributed by atoms with Crippen LogP contribution < -0.4 is 0 Å². The highest BCUT2D eigenvalue weighted by Gasteiger charge is 2.34. The lowest BCUT2D eigenvalue weighted by Crippen LogP contribution is -2.28. The lowest BCUT2D eigenvalue weighted by Gasteiger charge is -2.22. The monoisotopic (exact) mass is 344 g/mol. The van der Waals surface area contributed by atoms with E-state index in [9.17, 15) is 9.59 Å². The molecule has 1 aromatic heterocycles. The smallest absolute Gasteiger partial charge is 0.216 e. The first-order valence-corrected chi connectivity index (χ1v) is 7.38. The zero-order chi connectivity index (χ0) is 14.8. The Hall–Kier alpha value is -1.85. The van der Waals surface area contributed by atoms with Crippen molar-refractivity contribution in [3.05, 3.63) is 63.9 Å². The van der Waals surface area contributed by atoms with Crippen LogP contribution >= 0.6 is 15.9 Å². The molecular formula is C16H13BrN2O2. The van der Waals surface area contributed by atoms with Crippen LogP contribution in [0.4, 0.5) is 0 Å². The number of aromatic nitrogens is 1. The van der Waals surface area contributed by atoms with E-state index in [4.69, 9.17) is 0 Å². The molecule has 0 N–H and O–H groups in total. The highest BCUT2D eigenvalue weighted by Crippen LogP contribution is 2.35. The molecule has 3 rings (SSSR count). The molecule has 1 atom stereocenters. The largest absolute Gasteiger partial charge is 0.295 e. The van der Waals surface area contributed by atoms with Crippen molar-refractivity contribution in [3.63, 3.8) is 0 Å². The molecule has 0 aliphatic carbocycles. The van der Waals surface area contributed by atoms with Gasteiger partial charge in [0.05, 0.1) is 0 Å². The number of carbonyl (C=O) groups excluding carboxylic acids is 2. The van der Waals surface area contributed by atoms with Crippen LogP contribution in [0.5, 0.6) is 0 Å². The van der Waals surface area contributed by atoms with Crippen molar-refractivity contribution >= 4 is 28.0 Å². The maximum absolute atomic E-state index is 12.0. The van der Waals surface area contributed by atoms with Gasteiger partial charge in [-0.05, 0) is 38.7 Å². The molecule has 0 amide bonds. The van der Waals surface area contributed by atoms with Crippen molar-refractivity contribution in [2.45, 2.75) is 19.1 Å². The Morgan fingerprint density at radius 2 is 2.19 bits per heavy atom. The summed E-state index contributed by atoms with van der Waals surface area (Å²) in [7, 11) is 0. The predicted molar refractivity (Wildman–Crippen MR) is 81.4 cm³/mol. The number of halogens is 1. The van der Waals surface area contributed by atoms with Crippen molar-refractivity contribution in [1.82, 2.24) is 9.88 Å². The third-order valence-electron chi connectivity index (χ3n) is 3.62. The highest BCUT2D eigenvalue weighted by molar-refractivity contribution is 9.10. The molecule has 0 spiro atoms. The molecule has 1 unspecified atom stereocenters. The van der Waals surface area contributed by atoms with Crippen LogP contribution in [0.3, 0.4) is 0 Å². The van der Waals surface area contributed by atoms with Gasteiger partial charge in [-0.1, -0.05) is 24.3 Å². The molecule has 0 fully saturated rings. The summed E-state index contributed by atoms with van der Waals surface area (Å²) in [6.45, 7) is 1.23. The van der Waals surface area contributed by atoms with E-state index in [0.717, 1.165) is 21.2 Å². The standard InChI is InChI=1S/C16H13BrN2O2/c17-13-5-11(6-18-7-13)8-19-9-12-3-1-2-4-14(12)16(19)15(21)10-20/h1-7,10,16H,8-9H2. The molecular weight excluding hydrogens is 332 g/mol. The average Bonchev–Trinajstić information content (AvgIpc) is 2.84. The van der Waals surface area contributed by atoms with Crippen LogP contribution in [0.2, 0.25) is 0 Å². The molecule has 5 heteroatoms. The Balaban J connectivity index is 1.92. The average molecular weight is 345 g/mol. The normalized spacial score (nSPS) is 17.5. The van der Waals surface area contributed by atoms with E-state index in [2.05, 4.69) is 20.9 Å². The number of aldehydes is 1. The van der Waals surface area contributed by atoms with Gasteiger partial charge < -0.3 is 0 Å². The minimum absolute atomic E-state index is 0.400. The maximum Gasteiger partial charge on any atom is 0.216 e.